The second kappa shape index (κ2) is 13.7. The standard InChI is InChI=1S/C24H39ClN4O5/c1-24(2,16-33-3)13-20(26)14-28-22(30)29-10-5-7-18(15-29)21(34-11-9-27-23(31)32)17-6-4-8-19(25)12-17/h4,6,8,12,18,20-21,27H,5,7,9-11,13-16,26H2,1-3H3,(H,28,30)(H,31,32)/t18-,20-,21?/m1/s1. The van der Waals surface area contributed by atoms with Gasteiger partial charge in [-0.3, -0.25) is 0 Å². The number of hydrogen-bond donors (Lipinski definition) is 4. The van der Waals surface area contributed by atoms with Gasteiger partial charge in [0.2, 0.25) is 0 Å². The molecule has 0 bridgehead atoms. The Kier molecular flexibility index (Phi) is 11.4. The van der Waals surface area contributed by atoms with Crippen molar-refractivity contribution < 1.29 is 24.2 Å². The minimum Gasteiger partial charge on any atom is -0.465 e. The highest BCUT2D eigenvalue weighted by Crippen LogP contribution is 2.34. The van der Waals surface area contributed by atoms with E-state index in [1.807, 2.05) is 18.2 Å². The molecule has 0 aliphatic carbocycles. The minimum atomic E-state index is -1.09. The molecule has 0 aromatic heterocycles. The number of methoxy groups -OCH3 is 1. The van der Waals surface area contributed by atoms with E-state index in [1.54, 1.807) is 18.1 Å². The van der Waals surface area contributed by atoms with Crippen LogP contribution in [0.4, 0.5) is 9.59 Å². The predicted octanol–water partition coefficient (Wildman–Crippen LogP) is 3.48. The molecule has 1 aliphatic heterocycles. The number of rotatable bonds is 12. The van der Waals surface area contributed by atoms with Crippen molar-refractivity contribution in [2.45, 2.75) is 45.3 Å². The quantitative estimate of drug-likeness (QED) is 0.327. The number of amides is 3. The van der Waals surface area contributed by atoms with Gasteiger partial charge in [-0.25, -0.2) is 9.59 Å². The van der Waals surface area contributed by atoms with Gasteiger partial charge in [-0.1, -0.05) is 37.6 Å². The van der Waals surface area contributed by atoms with Crippen LogP contribution in [0.25, 0.3) is 0 Å². The lowest BCUT2D eigenvalue weighted by Gasteiger charge is -2.37. The normalized spacial score (nSPS) is 18.3. The molecular formula is C24H39ClN4O5. The summed E-state index contributed by atoms with van der Waals surface area (Å²) >= 11 is 6.21. The van der Waals surface area contributed by atoms with Gasteiger partial charge < -0.3 is 35.8 Å². The van der Waals surface area contributed by atoms with Crippen LogP contribution in [0.15, 0.2) is 24.3 Å². The third kappa shape index (κ3) is 9.66. The smallest absolute Gasteiger partial charge is 0.404 e. The van der Waals surface area contributed by atoms with Crippen molar-refractivity contribution in [3.63, 3.8) is 0 Å². The molecule has 1 aromatic carbocycles. The summed E-state index contributed by atoms with van der Waals surface area (Å²) in [5, 5.41) is 14.7. The molecular weight excluding hydrogens is 460 g/mol. The van der Waals surface area contributed by atoms with Crippen molar-refractivity contribution in [3.05, 3.63) is 34.9 Å². The summed E-state index contributed by atoms with van der Waals surface area (Å²) < 4.78 is 11.4. The number of halogens is 1. The van der Waals surface area contributed by atoms with Gasteiger partial charge >= 0.3 is 12.1 Å². The Morgan fingerprint density at radius 2 is 2.12 bits per heavy atom. The van der Waals surface area contributed by atoms with E-state index in [0.29, 0.717) is 31.3 Å². The highest BCUT2D eigenvalue weighted by atomic mass is 35.5. The van der Waals surface area contributed by atoms with Gasteiger partial charge in [0, 0.05) is 50.3 Å². The van der Waals surface area contributed by atoms with Gasteiger partial charge in [-0.05, 0) is 42.4 Å². The Hall–Kier alpha value is -2.07. The molecule has 1 heterocycles. The van der Waals surface area contributed by atoms with E-state index < -0.39 is 6.09 Å². The molecule has 1 saturated heterocycles. The zero-order chi connectivity index (χ0) is 25.1. The third-order valence-electron chi connectivity index (χ3n) is 5.89. The second-order valence-corrected chi connectivity index (χ2v) is 10.1. The molecule has 0 saturated carbocycles. The molecule has 10 heteroatoms. The molecule has 9 nitrogen and oxygen atoms in total. The number of carboxylic acid groups (broad SMARTS) is 1. The average Bonchev–Trinajstić information content (AvgIpc) is 2.77. The maximum Gasteiger partial charge on any atom is 0.404 e. The predicted molar refractivity (Wildman–Crippen MR) is 132 cm³/mol. The van der Waals surface area contributed by atoms with Crippen LogP contribution in [0.2, 0.25) is 5.02 Å². The number of benzene rings is 1. The van der Waals surface area contributed by atoms with Crippen molar-refractivity contribution >= 4 is 23.7 Å². The summed E-state index contributed by atoms with van der Waals surface area (Å²) in [5.41, 5.74) is 7.10. The summed E-state index contributed by atoms with van der Waals surface area (Å²) in [6.07, 6.45) is 1.07. The number of nitrogens with two attached hydrogens (primary N) is 1. The molecule has 5 N–H and O–H groups in total. The molecule has 1 fully saturated rings. The van der Waals surface area contributed by atoms with E-state index in [9.17, 15) is 9.59 Å². The molecule has 1 aliphatic rings. The molecule has 3 atom stereocenters. The van der Waals surface area contributed by atoms with E-state index in [0.717, 1.165) is 24.8 Å². The fourth-order valence-electron chi connectivity index (χ4n) is 4.54. The molecule has 1 aromatic rings. The Bertz CT molecular complexity index is 794. The number of urea groups is 1. The van der Waals surface area contributed by atoms with E-state index in [4.69, 9.17) is 31.9 Å². The van der Waals surface area contributed by atoms with Gasteiger partial charge in [-0.2, -0.15) is 0 Å². The fraction of sp³-hybridized carbons (Fsp3) is 0.667. The van der Waals surface area contributed by atoms with Gasteiger partial charge in [-0.15, -0.1) is 0 Å². The zero-order valence-electron chi connectivity index (χ0n) is 20.4. The van der Waals surface area contributed by atoms with Crippen molar-refractivity contribution in [2.24, 2.45) is 17.1 Å². The van der Waals surface area contributed by atoms with Gasteiger partial charge in [0.25, 0.3) is 0 Å². The van der Waals surface area contributed by atoms with Gasteiger partial charge in [0.1, 0.15) is 0 Å². The highest BCUT2D eigenvalue weighted by Gasteiger charge is 2.31. The Morgan fingerprint density at radius 1 is 1.35 bits per heavy atom. The van der Waals surface area contributed by atoms with Crippen LogP contribution in [0.5, 0.6) is 0 Å². The van der Waals surface area contributed by atoms with Crippen molar-refractivity contribution in [1.29, 1.82) is 0 Å². The first kappa shape index (κ1) is 28.2. The van der Waals surface area contributed by atoms with Crippen molar-refractivity contribution in [2.75, 3.05) is 46.5 Å². The van der Waals surface area contributed by atoms with Crippen LogP contribution >= 0.6 is 11.6 Å². The number of nitrogens with one attached hydrogen (secondary N) is 2. The number of likely N-dealkylation sites (tertiary alicyclic amines) is 1. The van der Waals surface area contributed by atoms with Crippen LogP contribution < -0.4 is 16.4 Å². The lowest BCUT2D eigenvalue weighted by atomic mass is 9.87. The molecule has 1 unspecified atom stereocenters. The fourth-order valence-corrected chi connectivity index (χ4v) is 4.73. The number of hydrogen-bond acceptors (Lipinski definition) is 5. The maximum atomic E-state index is 12.9. The van der Waals surface area contributed by atoms with Gasteiger partial charge in [0.15, 0.2) is 0 Å². The first-order valence-corrected chi connectivity index (χ1v) is 12.1. The lowest BCUT2D eigenvalue weighted by Crippen LogP contribution is -2.50. The third-order valence-corrected chi connectivity index (χ3v) is 6.13. The summed E-state index contributed by atoms with van der Waals surface area (Å²) in [4.78, 5) is 25.4. The van der Waals surface area contributed by atoms with Crippen LogP contribution in [0.1, 0.15) is 44.8 Å². The monoisotopic (exact) mass is 498 g/mol. The van der Waals surface area contributed by atoms with E-state index >= 15 is 0 Å². The number of ether oxygens (including phenoxy) is 2. The molecule has 2 rings (SSSR count). The highest BCUT2D eigenvalue weighted by molar-refractivity contribution is 6.30. The van der Waals surface area contributed by atoms with E-state index in [1.165, 1.54) is 0 Å². The van der Waals surface area contributed by atoms with Crippen LogP contribution in [0, 0.1) is 11.3 Å². The SMILES string of the molecule is COCC(C)(C)C[C@@H](N)CNC(=O)N1CCC[C@@H](C(OCCNC(=O)O)c2cccc(Cl)c2)C1. The van der Waals surface area contributed by atoms with Crippen molar-refractivity contribution in [1.82, 2.24) is 15.5 Å². The van der Waals surface area contributed by atoms with Crippen LogP contribution in [-0.4, -0.2) is 74.7 Å². The van der Waals surface area contributed by atoms with E-state index in [2.05, 4.69) is 24.5 Å². The van der Waals surface area contributed by atoms with Gasteiger partial charge in [0.05, 0.1) is 19.3 Å². The Balaban J connectivity index is 1.97. The second-order valence-electron chi connectivity index (χ2n) is 9.67. The average molecular weight is 499 g/mol. The first-order valence-electron chi connectivity index (χ1n) is 11.7. The minimum absolute atomic E-state index is 0.0529. The summed E-state index contributed by atoms with van der Waals surface area (Å²) in [6.45, 7) is 6.77. The summed E-state index contributed by atoms with van der Waals surface area (Å²) in [5.74, 6) is 0.0529. The Labute approximate surface area is 207 Å². The maximum absolute atomic E-state index is 12.9. The Morgan fingerprint density at radius 3 is 2.79 bits per heavy atom. The van der Waals surface area contributed by atoms with Crippen LogP contribution in [0.3, 0.4) is 0 Å². The molecule has 192 valence electrons. The number of nitrogens with zero attached hydrogens (tertiary/aromatic N) is 1. The molecule has 0 spiro atoms. The summed E-state index contributed by atoms with van der Waals surface area (Å²) in [6, 6.07) is 7.16. The topological polar surface area (TPSA) is 126 Å². The zero-order valence-corrected chi connectivity index (χ0v) is 21.1. The van der Waals surface area contributed by atoms with Crippen LogP contribution in [-0.2, 0) is 9.47 Å². The molecule has 3 amide bonds. The molecule has 34 heavy (non-hydrogen) atoms. The first-order chi connectivity index (χ1) is 16.1. The van der Waals surface area contributed by atoms with Crippen molar-refractivity contribution in [3.8, 4) is 0 Å². The number of carbonyl (C=O) groups excluding carboxylic acids is 1. The lowest BCUT2D eigenvalue weighted by molar-refractivity contribution is -0.00836. The largest absolute Gasteiger partial charge is 0.465 e. The number of piperidine rings is 1. The number of carbonyl (C=O) groups is 2. The molecule has 0 radical (unpaired) electrons. The summed E-state index contributed by atoms with van der Waals surface area (Å²) in [7, 11) is 1.67. The van der Waals surface area contributed by atoms with E-state index in [-0.39, 0.29) is 42.7 Å².